The van der Waals surface area contributed by atoms with Crippen LogP contribution in [0.4, 0.5) is 0 Å². The average Bonchev–Trinajstić information content (AvgIpc) is 2.78. The molecule has 1 amide bonds. The van der Waals surface area contributed by atoms with E-state index in [1.165, 1.54) is 0 Å². The normalized spacial score (nSPS) is 19.0. The molecule has 0 atom stereocenters. The number of nitriles is 1. The lowest BCUT2D eigenvalue weighted by atomic mass is 9.92. The zero-order chi connectivity index (χ0) is 12.1. The van der Waals surface area contributed by atoms with Gasteiger partial charge in [-0.05, 0) is 24.4 Å². The van der Waals surface area contributed by atoms with Gasteiger partial charge in [-0.3, -0.25) is 4.79 Å². The fourth-order valence-corrected chi connectivity index (χ4v) is 2.58. The molecule has 1 N–H and O–H groups in total. The molecule has 1 aromatic heterocycles. The van der Waals surface area contributed by atoms with E-state index in [9.17, 15) is 10.1 Å². The van der Waals surface area contributed by atoms with Crippen molar-refractivity contribution in [1.29, 1.82) is 5.26 Å². The van der Waals surface area contributed by atoms with Crippen molar-refractivity contribution in [2.45, 2.75) is 44.1 Å². The van der Waals surface area contributed by atoms with E-state index in [2.05, 4.69) is 21.0 Å². The van der Waals surface area contributed by atoms with Crippen molar-refractivity contribution in [2.75, 3.05) is 0 Å². The van der Waals surface area contributed by atoms with E-state index in [1.54, 1.807) is 5.38 Å². The van der Waals surface area contributed by atoms with Crippen LogP contribution >= 0.6 is 11.5 Å². The highest BCUT2D eigenvalue weighted by Crippen LogP contribution is 2.26. The fourth-order valence-electron chi connectivity index (χ4n) is 2.14. The Hall–Kier alpha value is -1.48. The van der Waals surface area contributed by atoms with Crippen LogP contribution in [0.1, 0.15) is 49.0 Å². The van der Waals surface area contributed by atoms with Crippen LogP contribution in [0.2, 0.25) is 0 Å². The van der Waals surface area contributed by atoms with Gasteiger partial charge < -0.3 is 5.32 Å². The van der Waals surface area contributed by atoms with Gasteiger partial charge in [0.2, 0.25) is 0 Å². The molecule has 1 heterocycles. The summed E-state index contributed by atoms with van der Waals surface area (Å²) in [7, 11) is 0. The maximum atomic E-state index is 11.9. The lowest BCUT2D eigenvalue weighted by Gasteiger charge is -2.25. The molecule has 90 valence electrons. The number of carbonyl (C=O) groups is 1. The molecule has 1 aromatic rings. The van der Waals surface area contributed by atoms with E-state index in [-0.39, 0.29) is 5.91 Å². The first kappa shape index (κ1) is 12.0. The van der Waals surface area contributed by atoms with Crippen LogP contribution < -0.4 is 5.32 Å². The Labute approximate surface area is 104 Å². The third-order valence-corrected chi connectivity index (χ3v) is 3.62. The molecule has 0 bridgehead atoms. The summed E-state index contributed by atoms with van der Waals surface area (Å²) in [5.41, 5.74) is -0.411. The number of amides is 1. The molecule has 0 radical (unpaired) electrons. The third-order valence-electron chi connectivity index (χ3n) is 3.12. The monoisotopic (exact) mass is 250 g/mol. The average molecular weight is 250 g/mol. The summed E-state index contributed by atoms with van der Waals surface area (Å²) in [6, 6.07) is 2.27. The first-order valence-corrected chi connectivity index (χ1v) is 6.60. The lowest BCUT2D eigenvalue weighted by Crippen LogP contribution is -2.47. The largest absolute Gasteiger partial charge is 0.332 e. The number of rotatable bonds is 2. The van der Waals surface area contributed by atoms with Crippen LogP contribution in [0.5, 0.6) is 0 Å². The number of nitrogens with zero attached hydrogens (tertiary/aromatic N) is 3. The molecular formula is C11H14N4OS. The van der Waals surface area contributed by atoms with E-state index in [4.69, 9.17) is 0 Å². The number of carbonyl (C=O) groups excluding carboxylic acids is 1. The molecule has 17 heavy (non-hydrogen) atoms. The third kappa shape index (κ3) is 2.80. The molecule has 0 saturated heterocycles. The Balaban J connectivity index is 2.09. The molecule has 1 saturated carbocycles. The van der Waals surface area contributed by atoms with Crippen LogP contribution in [0.25, 0.3) is 0 Å². The number of hydrogen-bond acceptors (Lipinski definition) is 5. The number of aromatic nitrogens is 2. The Morgan fingerprint density at radius 3 is 2.65 bits per heavy atom. The van der Waals surface area contributed by atoms with Crippen molar-refractivity contribution < 1.29 is 4.79 Å². The minimum absolute atomic E-state index is 0.290. The van der Waals surface area contributed by atoms with E-state index in [0.717, 1.165) is 50.1 Å². The van der Waals surface area contributed by atoms with E-state index in [1.807, 2.05) is 0 Å². The van der Waals surface area contributed by atoms with Gasteiger partial charge in [0.25, 0.3) is 5.91 Å². The molecule has 5 nitrogen and oxygen atoms in total. The van der Waals surface area contributed by atoms with Gasteiger partial charge in [-0.15, -0.1) is 5.10 Å². The molecule has 1 fully saturated rings. The van der Waals surface area contributed by atoms with E-state index in [0.29, 0.717) is 5.69 Å². The van der Waals surface area contributed by atoms with Crippen LogP contribution in [-0.4, -0.2) is 21.0 Å². The molecular weight excluding hydrogens is 236 g/mol. The van der Waals surface area contributed by atoms with Gasteiger partial charge in [0.05, 0.1) is 6.07 Å². The van der Waals surface area contributed by atoms with Crippen molar-refractivity contribution >= 4 is 17.4 Å². The molecule has 0 spiro atoms. The summed E-state index contributed by atoms with van der Waals surface area (Å²) < 4.78 is 3.65. The predicted molar refractivity (Wildman–Crippen MR) is 63.4 cm³/mol. The van der Waals surface area contributed by atoms with Crippen molar-refractivity contribution in [2.24, 2.45) is 0 Å². The van der Waals surface area contributed by atoms with E-state index >= 15 is 0 Å². The number of hydrogen-bond donors (Lipinski definition) is 1. The van der Waals surface area contributed by atoms with Gasteiger partial charge in [0, 0.05) is 5.38 Å². The first-order valence-electron chi connectivity index (χ1n) is 5.77. The van der Waals surface area contributed by atoms with Crippen molar-refractivity contribution in [1.82, 2.24) is 14.9 Å². The zero-order valence-electron chi connectivity index (χ0n) is 9.48. The first-order chi connectivity index (χ1) is 8.26. The minimum atomic E-state index is -0.711. The van der Waals surface area contributed by atoms with E-state index < -0.39 is 5.54 Å². The minimum Gasteiger partial charge on any atom is -0.332 e. The molecule has 0 aromatic carbocycles. The zero-order valence-corrected chi connectivity index (χ0v) is 10.3. The Morgan fingerprint density at radius 1 is 1.41 bits per heavy atom. The molecule has 1 aliphatic carbocycles. The van der Waals surface area contributed by atoms with Gasteiger partial charge in [0.15, 0.2) is 5.69 Å². The number of nitrogens with one attached hydrogen (secondary N) is 1. The highest BCUT2D eigenvalue weighted by atomic mass is 32.1. The Morgan fingerprint density at radius 2 is 2.12 bits per heavy atom. The molecule has 0 unspecified atom stereocenters. The van der Waals surface area contributed by atoms with Crippen molar-refractivity contribution in [3.05, 3.63) is 11.1 Å². The quantitative estimate of drug-likeness (QED) is 0.813. The molecule has 1 aliphatic rings. The van der Waals surface area contributed by atoms with Crippen LogP contribution in [0, 0.1) is 11.3 Å². The second-order valence-corrected chi connectivity index (χ2v) is 4.96. The highest BCUT2D eigenvalue weighted by molar-refractivity contribution is 7.03. The second kappa shape index (κ2) is 5.23. The van der Waals surface area contributed by atoms with Crippen LogP contribution in [-0.2, 0) is 0 Å². The predicted octanol–water partition coefficient (Wildman–Crippen LogP) is 1.88. The van der Waals surface area contributed by atoms with Crippen molar-refractivity contribution in [3.63, 3.8) is 0 Å². The second-order valence-electron chi connectivity index (χ2n) is 4.35. The van der Waals surface area contributed by atoms with Gasteiger partial charge in [0.1, 0.15) is 5.54 Å². The lowest BCUT2D eigenvalue weighted by molar-refractivity contribution is 0.0907. The molecule has 0 aliphatic heterocycles. The summed E-state index contributed by atoms with van der Waals surface area (Å²) >= 11 is 1.14. The van der Waals surface area contributed by atoms with Gasteiger partial charge in [-0.1, -0.05) is 30.2 Å². The van der Waals surface area contributed by atoms with Gasteiger partial charge >= 0.3 is 0 Å². The standard InChI is InChI=1S/C11H14N4OS/c12-8-11(5-3-1-2-4-6-11)13-10(16)9-7-17-15-14-9/h7H,1-6H2,(H,13,16). The van der Waals surface area contributed by atoms with Gasteiger partial charge in [-0.2, -0.15) is 5.26 Å². The smallest absolute Gasteiger partial charge is 0.273 e. The summed E-state index contributed by atoms with van der Waals surface area (Å²) in [6.45, 7) is 0. The van der Waals surface area contributed by atoms with Crippen LogP contribution in [0.3, 0.4) is 0 Å². The maximum absolute atomic E-state index is 11.9. The summed E-state index contributed by atoms with van der Waals surface area (Å²) in [4.78, 5) is 11.9. The Bertz CT molecular complexity index is 415. The molecule has 2 rings (SSSR count). The maximum Gasteiger partial charge on any atom is 0.273 e. The van der Waals surface area contributed by atoms with Crippen molar-refractivity contribution in [3.8, 4) is 6.07 Å². The van der Waals surface area contributed by atoms with Crippen LogP contribution in [0.15, 0.2) is 5.38 Å². The molecule has 6 heteroatoms. The van der Waals surface area contributed by atoms with Gasteiger partial charge in [-0.25, -0.2) is 0 Å². The Kier molecular flexibility index (Phi) is 3.69. The summed E-state index contributed by atoms with van der Waals surface area (Å²) in [5.74, 6) is -0.290. The summed E-state index contributed by atoms with van der Waals surface area (Å²) in [6.07, 6.45) is 5.71. The highest BCUT2D eigenvalue weighted by Gasteiger charge is 2.33. The fraction of sp³-hybridized carbons (Fsp3) is 0.636. The summed E-state index contributed by atoms with van der Waals surface area (Å²) in [5, 5.41) is 17.5. The topological polar surface area (TPSA) is 78.7 Å². The SMILES string of the molecule is N#CC1(NC(=O)c2csnn2)CCCCCC1.